The summed E-state index contributed by atoms with van der Waals surface area (Å²) in [7, 11) is 0. The van der Waals surface area contributed by atoms with E-state index in [2.05, 4.69) is 5.32 Å². The minimum atomic E-state index is 0.0550. The van der Waals surface area contributed by atoms with E-state index in [1.807, 2.05) is 4.90 Å². The van der Waals surface area contributed by atoms with Crippen molar-refractivity contribution in [2.75, 3.05) is 19.6 Å². The van der Waals surface area contributed by atoms with Crippen LogP contribution in [0, 0.1) is 5.92 Å². The SMILES string of the molecule is O=C(c1ccco1)N1CCC2CNCCC21. The van der Waals surface area contributed by atoms with Gasteiger partial charge in [0.2, 0.25) is 0 Å². The van der Waals surface area contributed by atoms with E-state index >= 15 is 0 Å². The Morgan fingerprint density at radius 2 is 2.44 bits per heavy atom. The van der Waals surface area contributed by atoms with Crippen molar-refractivity contribution < 1.29 is 9.21 Å². The number of piperidine rings is 1. The molecule has 3 rings (SSSR count). The predicted octanol–water partition coefficient (Wildman–Crippen LogP) is 1.10. The van der Waals surface area contributed by atoms with E-state index in [4.69, 9.17) is 4.42 Å². The Hall–Kier alpha value is -1.29. The number of nitrogens with one attached hydrogen (secondary N) is 1. The molecule has 2 fully saturated rings. The molecule has 0 aliphatic carbocycles. The van der Waals surface area contributed by atoms with Crippen LogP contribution < -0.4 is 5.32 Å². The van der Waals surface area contributed by atoms with Crippen LogP contribution in [0.15, 0.2) is 22.8 Å². The van der Waals surface area contributed by atoms with Crippen LogP contribution in [-0.2, 0) is 0 Å². The first kappa shape index (κ1) is 9.90. The standard InChI is InChI=1S/C12H16N2O2/c15-12(11-2-1-7-16-11)14-6-4-9-8-13-5-3-10(9)14/h1-2,7,9-10,13H,3-6,8H2. The van der Waals surface area contributed by atoms with Crippen molar-refractivity contribution in [1.29, 1.82) is 0 Å². The molecule has 4 heteroatoms. The van der Waals surface area contributed by atoms with Crippen molar-refractivity contribution in [2.24, 2.45) is 5.92 Å². The summed E-state index contributed by atoms with van der Waals surface area (Å²) >= 11 is 0. The fraction of sp³-hybridized carbons (Fsp3) is 0.583. The predicted molar refractivity (Wildman–Crippen MR) is 59.1 cm³/mol. The van der Waals surface area contributed by atoms with Gasteiger partial charge in [-0.1, -0.05) is 0 Å². The number of rotatable bonds is 1. The van der Waals surface area contributed by atoms with Gasteiger partial charge >= 0.3 is 0 Å². The molecular formula is C12H16N2O2. The van der Waals surface area contributed by atoms with Gasteiger partial charge in [0.25, 0.3) is 5.91 Å². The normalized spacial score (nSPS) is 29.1. The molecule has 86 valence electrons. The molecule has 0 aromatic carbocycles. The molecule has 0 radical (unpaired) electrons. The van der Waals surface area contributed by atoms with E-state index in [1.165, 1.54) is 0 Å². The maximum Gasteiger partial charge on any atom is 0.289 e. The van der Waals surface area contributed by atoms with Gasteiger partial charge in [-0.05, 0) is 44.0 Å². The summed E-state index contributed by atoms with van der Waals surface area (Å²) in [6.45, 7) is 2.94. The minimum Gasteiger partial charge on any atom is -0.459 e. The van der Waals surface area contributed by atoms with E-state index in [0.717, 1.165) is 32.5 Å². The highest BCUT2D eigenvalue weighted by Crippen LogP contribution is 2.29. The highest BCUT2D eigenvalue weighted by Gasteiger charge is 2.39. The second kappa shape index (κ2) is 3.94. The Bertz CT molecular complexity index is 374. The van der Waals surface area contributed by atoms with Gasteiger partial charge in [0, 0.05) is 12.6 Å². The molecule has 16 heavy (non-hydrogen) atoms. The van der Waals surface area contributed by atoms with Gasteiger partial charge in [0.15, 0.2) is 5.76 Å². The van der Waals surface area contributed by atoms with Crippen molar-refractivity contribution >= 4 is 5.91 Å². The van der Waals surface area contributed by atoms with Gasteiger partial charge in [-0.25, -0.2) is 0 Å². The Morgan fingerprint density at radius 1 is 1.50 bits per heavy atom. The Morgan fingerprint density at radius 3 is 3.25 bits per heavy atom. The van der Waals surface area contributed by atoms with Gasteiger partial charge in [0.1, 0.15) is 0 Å². The first-order valence-corrected chi connectivity index (χ1v) is 5.91. The molecule has 0 spiro atoms. The third kappa shape index (κ3) is 1.53. The lowest BCUT2D eigenvalue weighted by molar-refractivity contribution is 0.0665. The number of hydrogen-bond acceptors (Lipinski definition) is 3. The molecule has 1 amide bonds. The smallest absolute Gasteiger partial charge is 0.289 e. The summed E-state index contributed by atoms with van der Waals surface area (Å²) in [4.78, 5) is 14.2. The van der Waals surface area contributed by atoms with E-state index in [1.54, 1.807) is 18.4 Å². The van der Waals surface area contributed by atoms with Crippen molar-refractivity contribution in [2.45, 2.75) is 18.9 Å². The fourth-order valence-electron chi connectivity index (χ4n) is 2.88. The molecule has 0 bridgehead atoms. The van der Waals surface area contributed by atoms with Crippen LogP contribution >= 0.6 is 0 Å². The van der Waals surface area contributed by atoms with Gasteiger partial charge in [-0.2, -0.15) is 0 Å². The summed E-state index contributed by atoms with van der Waals surface area (Å²) in [5, 5.41) is 3.39. The van der Waals surface area contributed by atoms with Crippen LogP contribution in [0.3, 0.4) is 0 Å². The first-order valence-electron chi connectivity index (χ1n) is 5.91. The van der Waals surface area contributed by atoms with Gasteiger partial charge in [-0.15, -0.1) is 0 Å². The number of amides is 1. The first-order chi connectivity index (χ1) is 7.86. The van der Waals surface area contributed by atoms with Crippen LogP contribution in [0.5, 0.6) is 0 Å². The van der Waals surface area contributed by atoms with Gasteiger partial charge in [-0.3, -0.25) is 4.79 Å². The van der Waals surface area contributed by atoms with Crippen LogP contribution in [0.4, 0.5) is 0 Å². The van der Waals surface area contributed by atoms with Crippen LogP contribution in [0.25, 0.3) is 0 Å². The lowest BCUT2D eigenvalue weighted by Crippen LogP contribution is -2.45. The molecular weight excluding hydrogens is 204 g/mol. The Balaban J connectivity index is 1.78. The number of carbonyl (C=O) groups is 1. The molecule has 2 atom stereocenters. The number of hydrogen-bond donors (Lipinski definition) is 1. The quantitative estimate of drug-likeness (QED) is 0.771. The molecule has 2 saturated heterocycles. The van der Waals surface area contributed by atoms with Gasteiger partial charge in [0.05, 0.1) is 6.26 Å². The number of furan rings is 1. The second-order valence-electron chi connectivity index (χ2n) is 4.58. The Labute approximate surface area is 94.6 Å². The Kier molecular flexibility index (Phi) is 2.44. The van der Waals surface area contributed by atoms with E-state index < -0.39 is 0 Å². The maximum atomic E-state index is 12.2. The highest BCUT2D eigenvalue weighted by atomic mass is 16.3. The van der Waals surface area contributed by atoms with E-state index in [-0.39, 0.29) is 5.91 Å². The zero-order valence-electron chi connectivity index (χ0n) is 9.19. The third-order valence-electron chi connectivity index (χ3n) is 3.70. The van der Waals surface area contributed by atoms with Crippen molar-refractivity contribution in [3.63, 3.8) is 0 Å². The zero-order chi connectivity index (χ0) is 11.0. The molecule has 1 N–H and O–H groups in total. The summed E-state index contributed by atoms with van der Waals surface area (Å²) in [6, 6.07) is 3.93. The molecule has 3 heterocycles. The molecule has 2 unspecified atom stereocenters. The van der Waals surface area contributed by atoms with Crippen LogP contribution in [0.1, 0.15) is 23.4 Å². The van der Waals surface area contributed by atoms with Crippen molar-refractivity contribution in [3.8, 4) is 0 Å². The average molecular weight is 220 g/mol. The van der Waals surface area contributed by atoms with Crippen molar-refractivity contribution in [3.05, 3.63) is 24.2 Å². The summed E-state index contributed by atoms with van der Waals surface area (Å²) in [5.41, 5.74) is 0. The molecule has 2 aliphatic heterocycles. The van der Waals surface area contributed by atoms with E-state index in [0.29, 0.717) is 17.7 Å². The minimum absolute atomic E-state index is 0.0550. The molecule has 0 saturated carbocycles. The topological polar surface area (TPSA) is 45.5 Å². The largest absolute Gasteiger partial charge is 0.459 e. The number of likely N-dealkylation sites (tertiary alicyclic amines) is 1. The number of carbonyl (C=O) groups excluding carboxylic acids is 1. The number of nitrogens with zero attached hydrogens (tertiary/aromatic N) is 1. The monoisotopic (exact) mass is 220 g/mol. The summed E-state index contributed by atoms with van der Waals surface area (Å²) in [5.74, 6) is 1.16. The second-order valence-corrected chi connectivity index (χ2v) is 4.58. The lowest BCUT2D eigenvalue weighted by Gasteiger charge is -2.31. The molecule has 4 nitrogen and oxygen atoms in total. The molecule has 2 aliphatic rings. The summed E-state index contributed by atoms with van der Waals surface area (Å²) < 4.78 is 5.18. The lowest BCUT2D eigenvalue weighted by atomic mass is 9.94. The van der Waals surface area contributed by atoms with Crippen molar-refractivity contribution in [1.82, 2.24) is 10.2 Å². The average Bonchev–Trinajstić information content (AvgIpc) is 2.98. The zero-order valence-corrected chi connectivity index (χ0v) is 9.19. The highest BCUT2D eigenvalue weighted by molar-refractivity contribution is 5.91. The van der Waals surface area contributed by atoms with Crippen LogP contribution in [-0.4, -0.2) is 36.5 Å². The molecule has 1 aromatic heterocycles. The fourth-order valence-corrected chi connectivity index (χ4v) is 2.88. The van der Waals surface area contributed by atoms with Gasteiger partial charge < -0.3 is 14.6 Å². The summed E-state index contributed by atoms with van der Waals surface area (Å²) in [6.07, 6.45) is 3.74. The third-order valence-corrected chi connectivity index (χ3v) is 3.70. The maximum absolute atomic E-state index is 12.2. The molecule has 1 aromatic rings. The van der Waals surface area contributed by atoms with Crippen LogP contribution in [0.2, 0.25) is 0 Å². The number of fused-ring (bicyclic) bond motifs is 1. The van der Waals surface area contributed by atoms with E-state index in [9.17, 15) is 4.79 Å².